The van der Waals surface area contributed by atoms with E-state index in [1.54, 1.807) is 4.90 Å². The summed E-state index contributed by atoms with van der Waals surface area (Å²) in [6.45, 7) is 0.601. The van der Waals surface area contributed by atoms with Crippen LogP contribution in [0.5, 0.6) is 0 Å². The van der Waals surface area contributed by atoms with E-state index in [2.05, 4.69) is 17.4 Å². The van der Waals surface area contributed by atoms with Crippen LogP contribution in [0, 0.1) is 0 Å². The van der Waals surface area contributed by atoms with E-state index in [9.17, 15) is 19.5 Å². The first kappa shape index (κ1) is 24.7. The Labute approximate surface area is 204 Å². The molecule has 3 N–H and O–H groups in total. The number of nitrogens with one attached hydrogen (secondary N) is 1. The van der Waals surface area contributed by atoms with E-state index in [4.69, 9.17) is 9.84 Å². The Morgan fingerprint density at radius 1 is 1.03 bits per heavy atom. The number of carboxylic acids is 1. The minimum absolute atomic E-state index is 0.0271. The fourth-order valence-corrected chi connectivity index (χ4v) is 5.25. The van der Waals surface area contributed by atoms with Gasteiger partial charge in [-0.25, -0.2) is 4.79 Å². The molecule has 1 saturated heterocycles. The minimum atomic E-state index is -1.04. The summed E-state index contributed by atoms with van der Waals surface area (Å²) >= 11 is 0. The highest BCUT2D eigenvalue weighted by Crippen LogP contribution is 2.44. The maximum Gasteiger partial charge on any atom is 0.407 e. The third-order valence-corrected chi connectivity index (χ3v) is 6.95. The smallest absolute Gasteiger partial charge is 0.407 e. The number of hydrogen-bond donors (Lipinski definition) is 3. The van der Waals surface area contributed by atoms with Crippen molar-refractivity contribution in [3.8, 4) is 11.1 Å². The molecule has 2 atom stereocenters. The normalized spacial score (nSPS) is 17.9. The maximum atomic E-state index is 13.3. The van der Waals surface area contributed by atoms with Gasteiger partial charge >= 0.3 is 12.1 Å². The molecule has 0 saturated carbocycles. The van der Waals surface area contributed by atoms with Gasteiger partial charge in [0.05, 0.1) is 0 Å². The molecule has 0 radical (unpaired) electrons. The average Bonchev–Trinajstić information content (AvgIpc) is 3.19. The predicted molar refractivity (Wildman–Crippen MR) is 130 cm³/mol. The van der Waals surface area contributed by atoms with Crippen molar-refractivity contribution in [2.24, 2.45) is 0 Å². The monoisotopic (exact) mass is 480 g/mol. The number of nitrogens with zero attached hydrogens (tertiary/aromatic N) is 1. The van der Waals surface area contributed by atoms with Crippen LogP contribution < -0.4 is 5.32 Å². The largest absolute Gasteiger partial charge is 0.481 e. The molecule has 1 heterocycles. The van der Waals surface area contributed by atoms with Crippen LogP contribution in [0.4, 0.5) is 4.79 Å². The number of piperidine rings is 1. The number of aliphatic hydroxyl groups is 1. The number of aliphatic hydroxyl groups excluding tert-OH is 1. The number of carbonyl (C=O) groups is 3. The molecule has 8 heteroatoms. The SMILES string of the molecule is O=C(O)CCC(NC(=O)OCC1c2ccccc2-c2ccccc21)C(=O)N1CCCCC1CCO. The molecule has 35 heavy (non-hydrogen) atoms. The molecule has 2 aromatic rings. The van der Waals surface area contributed by atoms with Crippen LogP contribution in [0.15, 0.2) is 48.5 Å². The van der Waals surface area contributed by atoms with Gasteiger partial charge in [0.2, 0.25) is 5.91 Å². The van der Waals surface area contributed by atoms with Crippen molar-refractivity contribution in [1.82, 2.24) is 10.2 Å². The number of ether oxygens (including phenoxy) is 1. The summed E-state index contributed by atoms with van der Waals surface area (Å²) in [7, 11) is 0. The number of hydrogen-bond acceptors (Lipinski definition) is 5. The Morgan fingerprint density at radius 2 is 1.69 bits per heavy atom. The van der Waals surface area contributed by atoms with Gasteiger partial charge in [-0.05, 0) is 54.4 Å². The molecular formula is C27H32N2O6. The van der Waals surface area contributed by atoms with Gasteiger partial charge in [-0.2, -0.15) is 0 Å². The second kappa shape index (κ2) is 11.4. The average molecular weight is 481 g/mol. The molecule has 0 spiro atoms. The standard InChI is InChI=1S/C27H32N2O6/c30-16-14-18-7-5-6-15-29(18)26(33)24(12-13-25(31)32)28-27(34)35-17-23-21-10-3-1-8-19(21)20-9-2-4-11-22(20)23/h1-4,8-11,18,23-24,30H,5-7,12-17H2,(H,28,34)(H,31,32). The highest BCUT2D eigenvalue weighted by molar-refractivity contribution is 5.86. The van der Waals surface area contributed by atoms with E-state index in [0.29, 0.717) is 13.0 Å². The van der Waals surface area contributed by atoms with Crippen molar-refractivity contribution in [2.45, 2.75) is 56.5 Å². The zero-order valence-electron chi connectivity index (χ0n) is 19.7. The zero-order chi connectivity index (χ0) is 24.8. The fraction of sp³-hybridized carbons (Fsp3) is 0.444. The number of fused-ring (bicyclic) bond motifs is 3. The minimum Gasteiger partial charge on any atom is -0.481 e. The van der Waals surface area contributed by atoms with Gasteiger partial charge in [-0.3, -0.25) is 9.59 Å². The van der Waals surface area contributed by atoms with Crippen molar-refractivity contribution in [3.63, 3.8) is 0 Å². The summed E-state index contributed by atoms with van der Waals surface area (Å²) in [6, 6.07) is 14.9. The molecule has 4 rings (SSSR count). The Hall–Kier alpha value is -3.39. The number of likely N-dealkylation sites (tertiary alicyclic amines) is 1. The van der Waals surface area contributed by atoms with Gasteiger partial charge in [-0.1, -0.05) is 48.5 Å². The van der Waals surface area contributed by atoms with Crippen LogP contribution in [0.2, 0.25) is 0 Å². The predicted octanol–water partition coefficient (Wildman–Crippen LogP) is 3.52. The van der Waals surface area contributed by atoms with E-state index in [-0.39, 0.29) is 43.9 Å². The number of rotatable bonds is 9. The molecular weight excluding hydrogens is 448 g/mol. The second-order valence-corrected chi connectivity index (χ2v) is 9.15. The van der Waals surface area contributed by atoms with E-state index >= 15 is 0 Å². The number of carbonyl (C=O) groups excluding carboxylic acids is 2. The summed E-state index contributed by atoms with van der Waals surface area (Å²) in [5, 5.41) is 21.2. The lowest BCUT2D eigenvalue weighted by Crippen LogP contribution is -2.53. The molecule has 8 nitrogen and oxygen atoms in total. The van der Waals surface area contributed by atoms with Crippen molar-refractivity contribution in [2.75, 3.05) is 19.8 Å². The van der Waals surface area contributed by atoms with Gasteiger partial charge in [0.1, 0.15) is 12.6 Å². The number of benzene rings is 2. The summed E-state index contributed by atoms with van der Waals surface area (Å²) < 4.78 is 5.58. The van der Waals surface area contributed by atoms with Crippen molar-refractivity contribution >= 4 is 18.0 Å². The first-order chi connectivity index (χ1) is 17.0. The van der Waals surface area contributed by atoms with Crippen molar-refractivity contribution < 1.29 is 29.3 Å². The number of aliphatic carboxylic acids is 1. The van der Waals surface area contributed by atoms with Gasteiger partial charge in [-0.15, -0.1) is 0 Å². The molecule has 1 fully saturated rings. The van der Waals surface area contributed by atoms with Crippen molar-refractivity contribution in [3.05, 3.63) is 59.7 Å². The molecule has 2 unspecified atom stereocenters. The fourth-order valence-electron chi connectivity index (χ4n) is 5.25. The molecule has 1 aliphatic carbocycles. The Morgan fingerprint density at radius 3 is 2.31 bits per heavy atom. The Bertz CT molecular complexity index is 1020. The molecule has 0 aromatic heterocycles. The molecule has 2 aromatic carbocycles. The summed E-state index contributed by atoms with van der Waals surface area (Å²) in [6.07, 6.45) is 2.02. The lowest BCUT2D eigenvalue weighted by molar-refractivity contribution is -0.139. The topological polar surface area (TPSA) is 116 Å². The highest BCUT2D eigenvalue weighted by atomic mass is 16.5. The first-order valence-corrected chi connectivity index (χ1v) is 12.2. The molecule has 2 aliphatic rings. The lowest BCUT2D eigenvalue weighted by atomic mass is 9.97. The van der Waals surface area contributed by atoms with Crippen LogP contribution in [0.3, 0.4) is 0 Å². The van der Waals surface area contributed by atoms with Gasteiger partial charge < -0.3 is 25.2 Å². The highest BCUT2D eigenvalue weighted by Gasteiger charge is 2.34. The Balaban J connectivity index is 1.44. The lowest BCUT2D eigenvalue weighted by Gasteiger charge is -2.37. The van der Waals surface area contributed by atoms with E-state index in [0.717, 1.165) is 41.5 Å². The Kier molecular flexibility index (Phi) is 8.02. The number of carboxylic acid groups (broad SMARTS) is 1. The van der Waals surface area contributed by atoms with Gasteiger partial charge in [0.15, 0.2) is 0 Å². The molecule has 186 valence electrons. The number of amides is 2. The van der Waals surface area contributed by atoms with Crippen molar-refractivity contribution in [1.29, 1.82) is 0 Å². The molecule has 0 bridgehead atoms. The van der Waals surface area contributed by atoms with E-state index < -0.39 is 18.1 Å². The third kappa shape index (κ3) is 5.65. The van der Waals surface area contributed by atoms with Gasteiger partial charge in [0, 0.05) is 31.5 Å². The van der Waals surface area contributed by atoms with Crippen LogP contribution in [0.1, 0.15) is 55.6 Å². The van der Waals surface area contributed by atoms with E-state index in [1.807, 2.05) is 36.4 Å². The third-order valence-electron chi connectivity index (χ3n) is 6.95. The zero-order valence-corrected chi connectivity index (χ0v) is 19.7. The van der Waals surface area contributed by atoms with Crippen LogP contribution in [0.25, 0.3) is 11.1 Å². The van der Waals surface area contributed by atoms with Crippen LogP contribution in [-0.2, 0) is 14.3 Å². The molecule has 2 amide bonds. The number of alkyl carbamates (subject to hydrolysis) is 1. The summed E-state index contributed by atoms with van der Waals surface area (Å²) in [5.74, 6) is -1.47. The van der Waals surface area contributed by atoms with Crippen LogP contribution >= 0.6 is 0 Å². The van der Waals surface area contributed by atoms with Crippen LogP contribution in [-0.4, -0.2) is 64.9 Å². The maximum absolute atomic E-state index is 13.3. The van der Waals surface area contributed by atoms with E-state index in [1.165, 1.54) is 0 Å². The quantitative estimate of drug-likeness (QED) is 0.506. The van der Waals surface area contributed by atoms with Gasteiger partial charge in [0.25, 0.3) is 0 Å². The summed E-state index contributed by atoms with van der Waals surface area (Å²) in [4.78, 5) is 38.9. The molecule has 1 aliphatic heterocycles. The first-order valence-electron chi connectivity index (χ1n) is 12.2. The summed E-state index contributed by atoms with van der Waals surface area (Å²) in [5.41, 5.74) is 4.40. The second-order valence-electron chi connectivity index (χ2n) is 9.15.